The van der Waals surface area contributed by atoms with Crippen molar-refractivity contribution in [1.82, 2.24) is 9.38 Å². The Balaban J connectivity index is 1.69. The molecule has 5 heteroatoms. The third-order valence-electron chi connectivity index (χ3n) is 4.13. The zero-order chi connectivity index (χ0) is 19.3. The van der Waals surface area contributed by atoms with E-state index in [4.69, 9.17) is 4.74 Å². The molecule has 0 amide bonds. The number of ether oxygens (including phenoxy) is 1. The summed E-state index contributed by atoms with van der Waals surface area (Å²) in [4.78, 5) is 15.6. The molecule has 1 radical (unpaired) electrons. The molecular formula is C23H14FN2O2. The first-order chi connectivity index (χ1) is 13.7. The molecule has 2 aromatic heterocycles. The summed E-state index contributed by atoms with van der Waals surface area (Å²) in [6.45, 7) is 0.147. The Bertz CT molecular complexity index is 1200. The average molecular weight is 369 g/mol. The van der Waals surface area contributed by atoms with Crippen LogP contribution in [0.1, 0.15) is 22.5 Å². The van der Waals surface area contributed by atoms with Gasteiger partial charge in [-0.05, 0) is 54.5 Å². The van der Waals surface area contributed by atoms with Gasteiger partial charge in [-0.25, -0.2) is 9.37 Å². The number of fused-ring (bicyclic) bond motifs is 1. The van der Waals surface area contributed by atoms with Crippen LogP contribution in [0.25, 0.3) is 5.65 Å². The van der Waals surface area contributed by atoms with Crippen molar-refractivity contribution in [3.8, 4) is 17.6 Å². The standard InChI is InChI=1S/C23H14FN2O2/c24-19-11-8-17(9-12-19)10-13-21-20(25-23-7-3-4-14-26(21)23)16-28-22-6-2-1-5-18(22)15-27/h1-9,11-12,14H,16H2. The summed E-state index contributed by atoms with van der Waals surface area (Å²) in [6, 6.07) is 18.5. The van der Waals surface area contributed by atoms with Crippen LogP contribution in [0, 0.1) is 17.7 Å². The van der Waals surface area contributed by atoms with Gasteiger partial charge in [-0.2, -0.15) is 0 Å². The van der Waals surface area contributed by atoms with Gasteiger partial charge in [0.15, 0.2) is 0 Å². The highest BCUT2D eigenvalue weighted by molar-refractivity contribution is 5.79. The van der Waals surface area contributed by atoms with Crippen molar-refractivity contribution < 1.29 is 13.9 Å². The SMILES string of the molecule is O=[C]c1ccccc1OCc1nc2ccccn2c1C#Cc1ccc(F)cc1. The maximum atomic E-state index is 13.1. The highest BCUT2D eigenvalue weighted by Crippen LogP contribution is 2.19. The van der Waals surface area contributed by atoms with E-state index in [0.717, 1.165) is 5.65 Å². The van der Waals surface area contributed by atoms with Crippen LogP contribution in [0.3, 0.4) is 0 Å². The minimum Gasteiger partial charge on any atom is -0.486 e. The molecule has 0 spiro atoms. The number of nitrogens with zero attached hydrogens (tertiary/aromatic N) is 2. The first kappa shape index (κ1) is 17.5. The zero-order valence-electron chi connectivity index (χ0n) is 14.7. The van der Waals surface area contributed by atoms with E-state index in [1.807, 2.05) is 35.1 Å². The van der Waals surface area contributed by atoms with Crippen molar-refractivity contribution in [1.29, 1.82) is 0 Å². The van der Waals surface area contributed by atoms with E-state index in [0.29, 0.717) is 28.3 Å². The normalized spacial score (nSPS) is 10.3. The maximum Gasteiger partial charge on any atom is 0.237 e. The van der Waals surface area contributed by atoms with Crippen molar-refractivity contribution in [2.75, 3.05) is 0 Å². The monoisotopic (exact) mass is 369 g/mol. The van der Waals surface area contributed by atoms with Crippen LogP contribution in [0.15, 0.2) is 72.9 Å². The van der Waals surface area contributed by atoms with Gasteiger partial charge in [0.05, 0.1) is 5.56 Å². The summed E-state index contributed by atoms with van der Waals surface area (Å²) in [5, 5.41) is 0. The molecular weight excluding hydrogens is 355 g/mol. The maximum absolute atomic E-state index is 13.1. The van der Waals surface area contributed by atoms with Gasteiger partial charge in [0.25, 0.3) is 0 Å². The minimum absolute atomic E-state index is 0.147. The Hall–Kier alpha value is -3.91. The van der Waals surface area contributed by atoms with Crippen molar-refractivity contribution in [3.63, 3.8) is 0 Å². The van der Waals surface area contributed by atoms with E-state index in [2.05, 4.69) is 16.8 Å². The van der Waals surface area contributed by atoms with E-state index in [9.17, 15) is 9.18 Å². The lowest BCUT2D eigenvalue weighted by Crippen LogP contribution is -2.01. The lowest BCUT2D eigenvalue weighted by Gasteiger charge is -2.06. The Morgan fingerprint density at radius 2 is 1.75 bits per heavy atom. The molecule has 0 saturated heterocycles. The third-order valence-corrected chi connectivity index (χ3v) is 4.13. The summed E-state index contributed by atoms with van der Waals surface area (Å²) < 4.78 is 20.8. The van der Waals surface area contributed by atoms with E-state index in [1.54, 1.807) is 36.4 Å². The fourth-order valence-electron chi connectivity index (χ4n) is 2.77. The second-order valence-electron chi connectivity index (χ2n) is 5.98. The topological polar surface area (TPSA) is 43.6 Å². The molecule has 4 aromatic rings. The molecule has 2 aromatic carbocycles. The number of carbonyl (C=O) groups excluding carboxylic acids is 1. The predicted molar refractivity (Wildman–Crippen MR) is 103 cm³/mol. The van der Waals surface area contributed by atoms with Crippen molar-refractivity contribution in [3.05, 3.63) is 101 Å². The van der Waals surface area contributed by atoms with Crippen molar-refractivity contribution in [2.24, 2.45) is 0 Å². The number of para-hydroxylation sites is 1. The van der Waals surface area contributed by atoms with Gasteiger partial charge in [0.1, 0.15) is 35.2 Å². The molecule has 0 aliphatic carbocycles. The van der Waals surface area contributed by atoms with Crippen LogP contribution >= 0.6 is 0 Å². The first-order valence-corrected chi connectivity index (χ1v) is 8.58. The number of aromatic nitrogens is 2. The number of imidazole rings is 1. The van der Waals surface area contributed by atoms with Crippen LogP contribution in [0.2, 0.25) is 0 Å². The molecule has 2 heterocycles. The summed E-state index contributed by atoms with van der Waals surface area (Å²) in [7, 11) is 0. The van der Waals surface area contributed by atoms with Gasteiger partial charge in [-0.15, -0.1) is 0 Å². The molecule has 0 atom stereocenters. The second-order valence-corrected chi connectivity index (χ2v) is 5.98. The molecule has 0 aliphatic rings. The number of benzene rings is 2. The van der Waals surface area contributed by atoms with Crippen molar-refractivity contribution >= 4 is 11.9 Å². The number of rotatable bonds is 4. The third kappa shape index (κ3) is 3.62. The Morgan fingerprint density at radius 1 is 0.964 bits per heavy atom. The second kappa shape index (κ2) is 7.77. The molecule has 0 unspecified atom stereocenters. The summed E-state index contributed by atoms with van der Waals surface area (Å²) in [5.41, 5.74) is 3.10. The molecule has 4 rings (SSSR count). The van der Waals surface area contributed by atoms with E-state index in [1.165, 1.54) is 12.1 Å². The average Bonchev–Trinajstić information content (AvgIpc) is 3.09. The highest BCUT2D eigenvalue weighted by atomic mass is 19.1. The number of hydrogen-bond acceptors (Lipinski definition) is 3. The van der Waals surface area contributed by atoms with E-state index in [-0.39, 0.29) is 12.4 Å². The lowest BCUT2D eigenvalue weighted by atomic mass is 10.2. The smallest absolute Gasteiger partial charge is 0.237 e. The largest absolute Gasteiger partial charge is 0.486 e. The molecule has 135 valence electrons. The first-order valence-electron chi connectivity index (χ1n) is 8.58. The Morgan fingerprint density at radius 3 is 2.57 bits per heavy atom. The Kier molecular flexibility index (Phi) is 4.85. The van der Waals surface area contributed by atoms with Crippen LogP contribution < -0.4 is 4.74 Å². The van der Waals surface area contributed by atoms with E-state index >= 15 is 0 Å². The van der Waals surface area contributed by atoms with Gasteiger partial charge in [-0.3, -0.25) is 9.20 Å². The van der Waals surface area contributed by atoms with Crippen molar-refractivity contribution in [2.45, 2.75) is 6.61 Å². The molecule has 0 aliphatic heterocycles. The molecule has 0 saturated carbocycles. The molecule has 0 N–H and O–H groups in total. The van der Waals surface area contributed by atoms with Crippen LogP contribution in [0.4, 0.5) is 4.39 Å². The van der Waals surface area contributed by atoms with Crippen LogP contribution in [-0.4, -0.2) is 15.7 Å². The van der Waals surface area contributed by atoms with Crippen LogP contribution in [-0.2, 0) is 11.4 Å². The number of halogens is 1. The Labute approximate surface area is 161 Å². The fourth-order valence-corrected chi connectivity index (χ4v) is 2.77. The van der Waals surface area contributed by atoms with Crippen LogP contribution in [0.5, 0.6) is 5.75 Å². The van der Waals surface area contributed by atoms with E-state index < -0.39 is 0 Å². The molecule has 0 fully saturated rings. The number of pyridine rings is 1. The zero-order valence-corrected chi connectivity index (χ0v) is 14.7. The van der Waals surface area contributed by atoms with Gasteiger partial charge in [0, 0.05) is 11.8 Å². The summed E-state index contributed by atoms with van der Waals surface area (Å²) >= 11 is 0. The fraction of sp³-hybridized carbons (Fsp3) is 0.0435. The quantitative estimate of drug-likeness (QED) is 0.512. The minimum atomic E-state index is -0.305. The summed E-state index contributed by atoms with van der Waals surface area (Å²) in [6.07, 6.45) is 3.73. The molecule has 0 bridgehead atoms. The molecule has 28 heavy (non-hydrogen) atoms. The van der Waals surface area contributed by atoms with Gasteiger partial charge < -0.3 is 4.74 Å². The lowest BCUT2D eigenvalue weighted by molar-refractivity contribution is 0.301. The highest BCUT2D eigenvalue weighted by Gasteiger charge is 2.12. The van der Waals surface area contributed by atoms with Gasteiger partial charge >= 0.3 is 0 Å². The number of hydrogen-bond donors (Lipinski definition) is 0. The summed E-state index contributed by atoms with van der Waals surface area (Å²) in [5.74, 6) is 6.27. The van der Waals surface area contributed by atoms with Gasteiger partial charge in [-0.1, -0.05) is 24.1 Å². The van der Waals surface area contributed by atoms with Gasteiger partial charge in [0.2, 0.25) is 6.29 Å². The predicted octanol–water partition coefficient (Wildman–Crippen LogP) is 3.91. The molecule has 4 nitrogen and oxygen atoms in total.